The van der Waals surface area contributed by atoms with Gasteiger partial charge in [0, 0.05) is 46.0 Å². The number of carbonyl (C=O) groups is 4. The van der Waals surface area contributed by atoms with Gasteiger partial charge in [-0.05, 0) is 55.4 Å². The molecule has 8 nitrogen and oxygen atoms in total. The first kappa shape index (κ1) is 37.3. The first-order chi connectivity index (χ1) is 12.5. The summed E-state index contributed by atoms with van der Waals surface area (Å²) < 4.78 is 0. The van der Waals surface area contributed by atoms with Crippen molar-refractivity contribution in [2.75, 3.05) is 0 Å². The van der Waals surface area contributed by atoms with Crippen LogP contribution in [0.2, 0.25) is 0 Å². The van der Waals surface area contributed by atoms with Crippen LogP contribution in [0.25, 0.3) is 0 Å². The Hall–Kier alpha value is -2.45. The summed E-state index contributed by atoms with van der Waals surface area (Å²) in [6, 6.07) is 0. The molecule has 0 aliphatic heterocycles. The van der Waals surface area contributed by atoms with Gasteiger partial charge in [0.25, 0.3) is 0 Å². The Morgan fingerprint density at radius 1 is 0.414 bits per heavy atom. The normalized spacial score (nSPS) is 11.0. The Morgan fingerprint density at radius 3 is 0.517 bits per heavy atom. The van der Waals surface area contributed by atoms with Crippen molar-refractivity contribution in [3.05, 3.63) is 47.3 Å². The van der Waals surface area contributed by atoms with Crippen molar-refractivity contribution in [2.45, 2.75) is 55.4 Å². The minimum atomic E-state index is -0.125. The van der Waals surface area contributed by atoms with Crippen LogP contribution in [0, 0.1) is 0 Å². The molecular weight excluding hydrogens is 416 g/mol. The first-order valence-corrected chi connectivity index (χ1v) is 8.02. The van der Waals surface area contributed by atoms with Crippen LogP contribution in [0.1, 0.15) is 55.4 Å². The molecule has 0 bridgehead atoms. The zero-order valence-corrected chi connectivity index (χ0v) is 19.8. The van der Waals surface area contributed by atoms with E-state index in [-0.39, 0.29) is 67.9 Å². The predicted octanol–water partition coefficient (Wildman–Crippen LogP) is 4.15. The Balaban J connectivity index is -0.0000000873. The molecule has 0 fully saturated rings. The van der Waals surface area contributed by atoms with Gasteiger partial charge in [0.05, 0.1) is 23.0 Å². The molecule has 0 aliphatic rings. The molecule has 0 heterocycles. The van der Waals surface area contributed by atoms with Gasteiger partial charge in [-0.2, -0.15) is 0 Å². The molecule has 4 N–H and O–H groups in total. The fraction of sp³-hybridized carbons (Fsp3) is 0.400. The molecule has 0 aromatic rings. The zero-order chi connectivity index (χ0) is 23.4. The van der Waals surface area contributed by atoms with E-state index < -0.39 is 0 Å². The van der Waals surface area contributed by atoms with Crippen molar-refractivity contribution in [3.8, 4) is 0 Å². The summed E-state index contributed by atoms with van der Waals surface area (Å²) in [7, 11) is 0. The third kappa shape index (κ3) is 77.2. The Morgan fingerprint density at radius 2 is 0.517 bits per heavy atom. The second kappa shape index (κ2) is 23.6. The van der Waals surface area contributed by atoms with Crippen molar-refractivity contribution >= 4 is 23.1 Å². The van der Waals surface area contributed by atoms with Gasteiger partial charge in [0.1, 0.15) is 0 Å². The van der Waals surface area contributed by atoms with E-state index in [9.17, 15) is 19.2 Å². The molecule has 0 saturated carbocycles. The van der Waals surface area contributed by atoms with Crippen LogP contribution in [0.4, 0.5) is 0 Å². The van der Waals surface area contributed by atoms with Gasteiger partial charge in [-0.3, -0.25) is 19.2 Å². The van der Waals surface area contributed by atoms with Crippen LogP contribution < -0.4 is 0 Å². The van der Waals surface area contributed by atoms with Crippen LogP contribution >= 0.6 is 0 Å². The minimum Gasteiger partial charge on any atom is -0.512 e. The summed E-state index contributed by atoms with van der Waals surface area (Å²) >= 11 is 0. The van der Waals surface area contributed by atoms with Crippen molar-refractivity contribution in [1.82, 2.24) is 0 Å². The largest absolute Gasteiger partial charge is 0.512 e. The summed E-state index contributed by atoms with van der Waals surface area (Å²) in [6.07, 6.45) is 4.67. The Labute approximate surface area is 187 Å². The van der Waals surface area contributed by atoms with E-state index >= 15 is 0 Å². The van der Waals surface area contributed by atoms with E-state index in [1.807, 2.05) is 0 Å². The molecule has 0 spiro atoms. The van der Waals surface area contributed by atoms with Crippen molar-refractivity contribution in [3.63, 3.8) is 0 Å². The summed E-state index contributed by atoms with van der Waals surface area (Å²) in [5.41, 5.74) is 0. The number of aliphatic hydroxyl groups excluding tert-OH is 4. The van der Waals surface area contributed by atoms with E-state index in [0.717, 1.165) is 0 Å². The topological polar surface area (TPSA) is 149 Å². The van der Waals surface area contributed by atoms with Gasteiger partial charge < -0.3 is 20.4 Å². The fourth-order valence-electron chi connectivity index (χ4n) is 1.18. The van der Waals surface area contributed by atoms with Crippen molar-refractivity contribution in [2.24, 2.45) is 0 Å². The number of aliphatic hydroxyl groups is 4. The SMILES string of the molecule is CC(=O)/C=C(/C)O.CC(=O)/C=C(/C)O.CC(=O)/C=C(/C)O.CC(=O)/C=C(/C)O.[Ti]. The van der Waals surface area contributed by atoms with Crippen LogP contribution in [0.5, 0.6) is 0 Å². The quantitative estimate of drug-likeness (QED) is 0.285. The maximum atomic E-state index is 10.0. The number of rotatable bonds is 4. The third-order valence-corrected chi connectivity index (χ3v) is 1.65. The molecule has 0 aromatic heterocycles. The second-order valence-electron chi connectivity index (χ2n) is 5.59. The standard InChI is InChI=1S/4C5H8O2.Ti/c4*1-4(6)3-5(2)7;/h4*3,6H,1-2H3;/b4*4-3-;. The molecule has 0 radical (unpaired) electrons. The number of hydrogen-bond acceptors (Lipinski definition) is 8. The summed E-state index contributed by atoms with van der Waals surface area (Å²) in [4.78, 5) is 40.1. The Kier molecular flexibility index (Phi) is 30.4. The molecule has 0 amide bonds. The Bertz CT molecular complexity index is 513. The summed E-state index contributed by atoms with van der Waals surface area (Å²) in [5.74, 6) is -0.250. The second-order valence-corrected chi connectivity index (χ2v) is 5.59. The number of carbonyl (C=O) groups excluding carboxylic acids is 4. The summed E-state index contributed by atoms with van der Waals surface area (Å²) in [5, 5.41) is 33.5. The molecule has 29 heavy (non-hydrogen) atoms. The molecule has 0 atom stereocenters. The molecule has 0 aliphatic carbocycles. The number of hydrogen-bond donors (Lipinski definition) is 4. The van der Waals surface area contributed by atoms with Crippen molar-refractivity contribution < 1.29 is 61.3 Å². The monoisotopic (exact) mass is 448 g/mol. The maximum absolute atomic E-state index is 10.0. The average molecular weight is 448 g/mol. The van der Waals surface area contributed by atoms with Gasteiger partial charge in [-0.1, -0.05) is 0 Å². The summed E-state index contributed by atoms with van der Waals surface area (Å²) in [6.45, 7) is 11.4. The van der Waals surface area contributed by atoms with E-state index in [4.69, 9.17) is 20.4 Å². The predicted molar refractivity (Wildman–Crippen MR) is 108 cm³/mol. The van der Waals surface area contributed by atoms with Crippen LogP contribution in [0.3, 0.4) is 0 Å². The maximum Gasteiger partial charge on any atom is 0.155 e. The van der Waals surface area contributed by atoms with Crippen LogP contribution in [-0.2, 0) is 40.9 Å². The van der Waals surface area contributed by atoms with Crippen LogP contribution in [0.15, 0.2) is 47.3 Å². The van der Waals surface area contributed by atoms with E-state index in [2.05, 4.69) is 0 Å². The van der Waals surface area contributed by atoms with E-state index in [0.29, 0.717) is 0 Å². The fourth-order valence-corrected chi connectivity index (χ4v) is 1.18. The molecule has 0 aromatic carbocycles. The third-order valence-electron chi connectivity index (χ3n) is 1.65. The number of allylic oxidation sites excluding steroid dienone is 8. The van der Waals surface area contributed by atoms with Crippen LogP contribution in [-0.4, -0.2) is 43.6 Å². The van der Waals surface area contributed by atoms with Crippen molar-refractivity contribution in [1.29, 1.82) is 0 Å². The molecule has 0 unspecified atom stereocenters. The minimum absolute atomic E-state index is 0. The van der Waals surface area contributed by atoms with Gasteiger partial charge in [0.2, 0.25) is 0 Å². The van der Waals surface area contributed by atoms with Gasteiger partial charge in [-0.25, -0.2) is 0 Å². The molecule has 0 rings (SSSR count). The smallest absolute Gasteiger partial charge is 0.155 e. The molecule has 164 valence electrons. The van der Waals surface area contributed by atoms with Gasteiger partial charge in [-0.15, -0.1) is 0 Å². The van der Waals surface area contributed by atoms with E-state index in [1.165, 1.54) is 79.7 Å². The van der Waals surface area contributed by atoms with Gasteiger partial charge >= 0.3 is 0 Å². The molecule has 0 saturated heterocycles. The average Bonchev–Trinajstić information content (AvgIpc) is 2.32. The van der Waals surface area contributed by atoms with E-state index in [1.54, 1.807) is 0 Å². The number of ketones is 4. The molecular formula is C20H32O8Ti. The zero-order valence-electron chi connectivity index (χ0n) is 18.2. The molecule has 9 heteroatoms. The first-order valence-electron chi connectivity index (χ1n) is 8.02. The van der Waals surface area contributed by atoms with Gasteiger partial charge in [0.15, 0.2) is 23.1 Å².